The normalized spacial score (nSPS) is 15.1. The van der Waals surface area contributed by atoms with Gasteiger partial charge in [-0.3, -0.25) is 4.79 Å². The number of carbonyl (C=O) groups is 1. The maximum absolute atomic E-state index is 12.4. The molecule has 0 saturated heterocycles. The van der Waals surface area contributed by atoms with E-state index in [1.807, 2.05) is 37.3 Å². The van der Waals surface area contributed by atoms with Crippen molar-refractivity contribution in [3.63, 3.8) is 0 Å². The molecule has 2 N–H and O–H groups in total. The molecule has 0 unspecified atom stereocenters. The summed E-state index contributed by atoms with van der Waals surface area (Å²) in [7, 11) is 1.60. The highest BCUT2D eigenvalue weighted by Gasteiger charge is 2.35. The number of fused-ring (bicyclic) bond motifs is 1. The maximum atomic E-state index is 12.4. The number of rotatable bonds is 4. The van der Waals surface area contributed by atoms with Crippen molar-refractivity contribution < 1.29 is 14.6 Å². The molecule has 1 aliphatic rings. The molecule has 2 aromatic carbocycles. The van der Waals surface area contributed by atoms with Crippen LogP contribution in [0.4, 0.5) is 0 Å². The smallest absolute Gasteiger partial charge is 0.251 e. The lowest BCUT2D eigenvalue weighted by molar-refractivity contribution is 0.0479. The quantitative estimate of drug-likeness (QED) is 0.910. The minimum Gasteiger partial charge on any atom is -0.497 e. The van der Waals surface area contributed by atoms with Crippen molar-refractivity contribution in [2.45, 2.75) is 25.4 Å². The zero-order valence-corrected chi connectivity index (χ0v) is 13.4. The highest BCUT2D eigenvalue weighted by Crippen LogP contribution is 2.29. The topological polar surface area (TPSA) is 58.6 Å². The van der Waals surface area contributed by atoms with Gasteiger partial charge >= 0.3 is 0 Å². The Kier molecular flexibility index (Phi) is 4.09. The molecular formula is C19H21NO3. The molecule has 3 rings (SSSR count). The van der Waals surface area contributed by atoms with E-state index in [9.17, 15) is 9.90 Å². The van der Waals surface area contributed by atoms with E-state index in [0.717, 1.165) is 22.4 Å². The van der Waals surface area contributed by atoms with E-state index in [0.29, 0.717) is 18.4 Å². The Morgan fingerprint density at radius 2 is 1.87 bits per heavy atom. The van der Waals surface area contributed by atoms with Crippen LogP contribution in [0.2, 0.25) is 0 Å². The number of nitrogens with one attached hydrogen (secondary N) is 1. The fourth-order valence-corrected chi connectivity index (χ4v) is 3.16. The Labute approximate surface area is 136 Å². The summed E-state index contributed by atoms with van der Waals surface area (Å²) in [6.45, 7) is 2.11. The van der Waals surface area contributed by atoms with Gasteiger partial charge < -0.3 is 15.2 Å². The number of methoxy groups -OCH3 is 1. The lowest BCUT2D eigenvalue weighted by Gasteiger charge is -2.23. The van der Waals surface area contributed by atoms with Gasteiger partial charge in [-0.25, -0.2) is 0 Å². The van der Waals surface area contributed by atoms with E-state index in [-0.39, 0.29) is 12.5 Å². The first-order valence-electron chi connectivity index (χ1n) is 7.73. The van der Waals surface area contributed by atoms with Crippen molar-refractivity contribution in [1.29, 1.82) is 0 Å². The van der Waals surface area contributed by atoms with Gasteiger partial charge in [0.2, 0.25) is 0 Å². The summed E-state index contributed by atoms with van der Waals surface area (Å²) in [5.74, 6) is 0.554. The molecule has 2 aromatic rings. The highest BCUT2D eigenvalue weighted by molar-refractivity contribution is 5.95. The van der Waals surface area contributed by atoms with Gasteiger partial charge in [-0.15, -0.1) is 0 Å². The molecule has 120 valence electrons. The molecular weight excluding hydrogens is 290 g/mol. The van der Waals surface area contributed by atoms with E-state index >= 15 is 0 Å². The molecule has 0 saturated carbocycles. The minimum atomic E-state index is -0.903. The highest BCUT2D eigenvalue weighted by atomic mass is 16.5. The van der Waals surface area contributed by atoms with Crippen LogP contribution in [-0.2, 0) is 12.8 Å². The van der Waals surface area contributed by atoms with E-state index in [1.54, 1.807) is 19.2 Å². The molecule has 0 aromatic heterocycles. The summed E-state index contributed by atoms with van der Waals surface area (Å²) in [4.78, 5) is 12.4. The molecule has 0 radical (unpaired) electrons. The van der Waals surface area contributed by atoms with Crippen LogP contribution in [0.3, 0.4) is 0 Å². The number of hydrogen-bond donors (Lipinski definition) is 2. The van der Waals surface area contributed by atoms with Crippen LogP contribution in [0.15, 0.2) is 42.5 Å². The van der Waals surface area contributed by atoms with Crippen LogP contribution in [0.1, 0.15) is 27.0 Å². The Hall–Kier alpha value is -2.33. The molecule has 23 heavy (non-hydrogen) atoms. The molecule has 4 heteroatoms. The summed E-state index contributed by atoms with van der Waals surface area (Å²) in [5.41, 5.74) is 2.86. The first kappa shape index (κ1) is 15.6. The van der Waals surface area contributed by atoms with Gasteiger partial charge in [0.25, 0.3) is 5.91 Å². The zero-order valence-electron chi connectivity index (χ0n) is 13.4. The molecule has 0 spiro atoms. The monoisotopic (exact) mass is 311 g/mol. The van der Waals surface area contributed by atoms with Crippen molar-refractivity contribution in [3.05, 3.63) is 64.7 Å². The third kappa shape index (κ3) is 3.22. The average Bonchev–Trinajstić information content (AvgIpc) is 2.89. The summed E-state index contributed by atoms with van der Waals surface area (Å²) in [6, 6.07) is 13.4. The first-order chi connectivity index (χ1) is 11.0. The van der Waals surface area contributed by atoms with Crippen LogP contribution in [0.5, 0.6) is 5.75 Å². The Morgan fingerprint density at radius 1 is 1.22 bits per heavy atom. The fourth-order valence-electron chi connectivity index (χ4n) is 3.16. The number of carbonyl (C=O) groups excluding carboxylic acids is 1. The number of aliphatic hydroxyl groups is 1. The molecule has 0 fully saturated rings. The van der Waals surface area contributed by atoms with Crippen molar-refractivity contribution >= 4 is 5.91 Å². The lowest BCUT2D eigenvalue weighted by atomic mass is 10.00. The van der Waals surface area contributed by atoms with Gasteiger partial charge in [0.15, 0.2) is 0 Å². The molecule has 0 bridgehead atoms. The SMILES string of the molecule is COc1ccc(C(=O)NCC2(O)Cc3ccccc3C2)c(C)c1. The second-order valence-electron chi connectivity index (χ2n) is 6.21. The van der Waals surface area contributed by atoms with Gasteiger partial charge in [0.1, 0.15) is 5.75 Å². The summed E-state index contributed by atoms with van der Waals surface area (Å²) >= 11 is 0. The van der Waals surface area contributed by atoms with Crippen LogP contribution in [-0.4, -0.2) is 30.3 Å². The van der Waals surface area contributed by atoms with Gasteiger partial charge in [-0.05, 0) is 41.8 Å². The predicted octanol–water partition coefficient (Wildman–Crippen LogP) is 2.26. The van der Waals surface area contributed by atoms with E-state index in [4.69, 9.17) is 4.74 Å². The molecule has 4 nitrogen and oxygen atoms in total. The van der Waals surface area contributed by atoms with E-state index in [1.165, 1.54) is 0 Å². The number of aryl methyl sites for hydroxylation is 1. The molecule has 0 atom stereocenters. The molecule has 0 aliphatic heterocycles. The fraction of sp³-hybridized carbons (Fsp3) is 0.316. The van der Waals surface area contributed by atoms with Crippen molar-refractivity contribution in [2.75, 3.05) is 13.7 Å². The van der Waals surface area contributed by atoms with Crippen molar-refractivity contribution in [1.82, 2.24) is 5.32 Å². The lowest BCUT2D eigenvalue weighted by Crippen LogP contribution is -2.43. The Bertz CT molecular complexity index is 714. The molecule has 1 amide bonds. The number of hydrogen-bond acceptors (Lipinski definition) is 3. The van der Waals surface area contributed by atoms with Crippen LogP contribution in [0.25, 0.3) is 0 Å². The minimum absolute atomic E-state index is 0.172. The summed E-state index contributed by atoms with van der Waals surface area (Å²) in [6.07, 6.45) is 1.15. The Morgan fingerprint density at radius 3 is 2.43 bits per heavy atom. The summed E-state index contributed by atoms with van der Waals surface area (Å²) < 4.78 is 5.15. The van der Waals surface area contributed by atoms with Crippen LogP contribution < -0.4 is 10.1 Å². The summed E-state index contributed by atoms with van der Waals surface area (Å²) in [5, 5.41) is 13.6. The van der Waals surface area contributed by atoms with Crippen LogP contribution in [0, 0.1) is 6.92 Å². The standard InChI is InChI=1S/C19H21NO3/c1-13-9-16(23-2)7-8-17(13)18(21)20-12-19(22)10-14-5-3-4-6-15(14)11-19/h3-9,22H,10-12H2,1-2H3,(H,20,21). The van der Waals surface area contributed by atoms with Gasteiger partial charge in [-0.1, -0.05) is 24.3 Å². The van der Waals surface area contributed by atoms with Gasteiger partial charge in [-0.2, -0.15) is 0 Å². The van der Waals surface area contributed by atoms with Crippen LogP contribution >= 0.6 is 0 Å². The van der Waals surface area contributed by atoms with Gasteiger partial charge in [0.05, 0.1) is 12.7 Å². The van der Waals surface area contributed by atoms with E-state index in [2.05, 4.69) is 5.32 Å². The predicted molar refractivity (Wildman–Crippen MR) is 88.9 cm³/mol. The third-order valence-electron chi connectivity index (χ3n) is 4.41. The van der Waals surface area contributed by atoms with Gasteiger partial charge in [0, 0.05) is 24.9 Å². The second-order valence-corrected chi connectivity index (χ2v) is 6.21. The molecule has 0 heterocycles. The number of ether oxygens (including phenoxy) is 1. The Balaban J connectivity index is 1.66. The average molecular weight is 311 g/mol. The number of benzene rings is 2. The second kappa shape index (κ2) is 6.05. The molecule has 1 aliphatic carbocycles. The maximum Gasteiger partial charge on any atom is 0.251 e. The largest absolute Gasteiger partial charge is 0.497 e. The number of amides is 1. The van der Waals surface area contributed by atoms with Crippen molar-refractivity contribution in [2.24, 2.45) is 0 Å². The van der Waals surface area contributed by atoms with Crippen molar-refractivity contribution in [3.8, 4) is 5.75 Å². The zero-order chi connectivity index (χ0) is 16.4. The van der Waals surface area contributed by atoms with E-state index < -0.39 is 5.60 Å². The third-order valence-corrected chi connectivity index (χ3v) is 4.41. The first-order valence-corrected chi connectivity index (χ1v) is 7.73.